The number of carbonyl (C=O) groups excluding carboxylic acids is 3. The number of methoxy groups -OCH3 is 1. The van der Waals surface area contributed by atoms with Crippen LogP contribution in [0.5, 0.6) is 0 Å². The van der Waals surface area contributed by atoms with Gasteiger partial charge in [-0.05, 0) is 19.3 Å². The van der Waals surface area contributed by atoms with Gasteiger partial charge in [-0.15, -0.1) is 0 Å². The number of carbonyl (C=O) groups is 3. The maximum atomic E-state index is 11.9. The SMILES string of the molecule is COC(=O)CCCNC(=O)C1CCCN(C(C)=O)C1. The molecule has 1 heterocycles. The maximum absolute atomic E-state index is 11.9. The van der Waals surface area contributed by atoms with E-state index in [0.717, 1.165) is 19.4 Å². The van der Waals surface area contributed by atoms with Crippen LogP contribution < -0.4 is 5.32 Å². The molecule has 0 saturated carbocycles. The Kier molecular flexibility index (Phi) is 6.32. The van der Waals surface area contributed by atoms with E-state index in [2.05, 4.69) is 10.1 Å². The van der Waals surface area contributed by atoms with Crippen LogP contribution in [0.25, 0.3) is 0 Å². The van der Waals surface area contributed by atoms with E-state index in [-0.39, 0.29) is 23.7 Å². The number of hydrogen-bond donors (Lipinski definition) is 1. The Hall–Kier alpha value is -1.59. The van der Waals surface area contributed by atoms with Crippen molar-refractivity contribution in [1.29, 1.82) is 0 Å². The van der Waals surface area contributed by atoms with Gasteiger partial charge >= 0.3 is 5.97 Å². The first kappa shape index (κ1) is 15.5. The highest BCUT2D eigenvalue weighted by molar-refractivity contribution is 5.80. The smallest absolute Gasteiger partial charge is 0.305 e. The summed E-state index contributed by atoms with van der Waals surface area (Å²) < 4.78 is 4.52. The van der Waals surface area contributed by atoms with Crippen molar-refractivity contribution in [2.75, 3.05) is 26.7 Å². The molecule has 0 aromatic heterocycles. The Morgan fingerprint density at radius 2 is 2.11 bits per heavy atom. The van der Waals surface area contributed by atoms with Crippen LogP contribution >= 0.6 is 0 Å². The molecule has 0 spiro atoms. The minimum Gasteiger partial charge on any atom is -0.469 e. The molecule has 6 nitrogen and oxygen atoms in total. The van der Waals surface area contributed by atoms with E-state index >= 15 is 0 Å². The van der Waals surface area contributed by atoms with E-state index in [9.17, 15) is 14.4 Å². The molecule has 1 aliphatic rings. The lowest BCUT2D eigenvalue weighted by molar-refractivity contribution is -0.141. The average molecular weight is 270 g/mol. The minimum atomic E-state index is -0.269. The van der Waals surface area contributed by atoms with Crippen LogP contribution in [0.4, 0.5) is 0 Å². The lowest BCUT2D eigenvalue weighted by atomic mass is 9.97. The third-order valence-corrected chi connectivity index (χ3v) is 3.32. The fourth-order valence-corrected chi connectivity index (χ4v) is 2.17. The second-order valence-electron chi connectivity index (χ2n) is 4.77. The second-order valence-corrected chi connectivity index (χ2v) is 4.77. The van der Waals surface area contributed by atoms with E-state index in [4.69, 9.17) is 0 Å². The first-order valence-corrected chi connectivity index (χ1v) is 6.64. The Labute approximate surface area is 113 Å². The van der Waals surface area contributed by atoms with Gasteiger partial charge in [0.15, 0.2) is 0 Å². The van der Waals surface area contributed by atoms with Crippen molar-refractivity contribution in [2.24, 2.45) is 5.92 Å². The van der Waals surface area contributed by atoms with Crippen LogP contribution in [-0.4, -0.2) is 49.4 Å². The zero-order valence-electron chi connectivity index (χ0n) is 11.6. The van der Waals surface area contributed by atoms with Gasteiger partial charge < -0.3 is 15.0 Å². The summed E-state index contributed by atoms with van der Waals surface area (Å²) in [6.07, 6.45) is 2.55. The van der Waals surface area contributed by atoms with Gasteiger partial charge in [0.1, 0.15) is 0 Å². The third-order valence-electron chi connectivity index (χ3n) is 3.32. The highest BCUT2D eigenvalue weighted by Crippen LogP contribution is 2.16. The van der Waals surface area contributed by atoms with Gasteiger partial charge in [-0.25, -0.2) is 0 Å². The predicted octanol–water partition coefficient (Wildman–Crippen LogP) is 0.314. The molecule has 0 radical (unpaired) electrons. The van der Waals surface area contributed by atoms with Crippen molar-refractivity contribution in [1.82, 2.24) is 10.2 Å². The molecule has 0 aromatic carbocycles. The van der Waals surface area contributed by atoms with E-state index in [1.165, 1.54) is 14.0 Å². The first-order chi connectivity index (χ1) is 9.04. The Balaban J connectivity index is 2.25. The van der Waals surface area contributed by atoms with Crippen LogP contribution in [0.3, 0.4) is 0 Å². The number of amides is 2. The van der Waals surface area contributed by atoms with Gasteiger partial charge in [-0.2, -0.15) is 0 Å². The molecule has 0 aromatic rings. The first-order valence-electron chi connectivity index (χ1n) is 6.64. The number of ether oxygens (including phenoxy) is 1. The molecule has 1 unspecified atom stereocenters. The van der Waals surface area contributed by atoms with E-state index in [1.807, 2.05) is 0 Å². The molecule has 108 valence electrons. The molecular formula is C13H22N2O4. The van der Waals surface area contributed by atoms with Gasteiger partial charge in [-0.3, -0.25) is 14.4 Å². The van der Waals surface area contributed by atoms with E-state index < -0.39 is 0 Å². The summed E-state index contributed by atoms with van der Waals surface area (Å²) in [6.45, 7) is 3.22. The van der Waals surface area contributed by atoms with Gasteiger partial charge in [0.2, 0.25) is 11.8 Å². The number of hydrogen-bond acceptors (Lipinski definition) is 4. The molecule has 1 N–H and O–H groups in total. The van der Waals surface area contributed by atoms with Gasteiger partial charge in [0, 0.05) is 33.0 Å². The largest absolute Gasteiger partial charge is 0.469 e. The normalized spacial score (nSPS) is 18.8. The van der Waals surface area contributed by atoms with Crippen LogP contribution in [0.15, 0.2) is 0 Å². The second kappa shape index (κ2) is 7.76. The van der Waals surface area contributed by atoms with E-state index in [0.29, 0.717) is 25.9 Å². The molecule has 1 fully saturated rings. The molecule has 2 amide bonds. The molecular weight excluding hydrogens is 248 g/mol. The van der Waals surface area contributed by atoms with Crippen molar-refractivity contribution < 1.29 is 19.1 Å². The molecule has 1 rings (SSSR count). The maximum Gasteiger partial charge on any atom is 0.305 e. The molecule has 19 heavy (non-hydrogen) atoms. The Morgan fingerprint density at radius 1 is 1.37 bits per heavy atom. The van der Waals surface area contributed by atoms with Crippen molar-refractivity contribution in [3.8, 4) is 0 Å². The molecule has 6 heteroatoms. The Morgan fingerprint density at radius 3 is 2.74 bits per heavy atom. The highest BCUT2D eigenvalue weighted by Gasteiger charge is 2.26. The summed E-state index contributed by atoms with van der Waals surface area (Å²) in [5.74, 6) is -0.413. The fourth-order valence-electron chi connectivity index (χ4n) is 2.17. The standard InChI is InChI=1S/C13H22N2O4/c1-10(16)15-8-4-5-11(9-15)13(18)14-7-3-6-12(17)19-2/h11H,3-9H2,1-2H3,(H,14,18). The number of nitrogens with zero attached hydrogens (tertiary/aromatic N) is 1. The fraction of sp³-hybridized carbons (Fsp3) is 0.769. The summed E-state index contributed by atoms with van der Waals surface area (Å²) in [5.41, 5.74) is 0. The van der Waals surface area contributed by atoms with Crippen molar-refractivity contribution >= 4 is 17.8 Å². The van der Waals surface area contributed by atoms with E-state index in [1.54, 1.807) is 4.90 Å². The molecule has 0 bridgehead atoms. The quantitative estimate of drug-likeness (QED) is 0.576. The number of rotatable bonds is 5. The zero-order chi connectivity index (χ0) is 14.3. The average Bonchev–Trinajstić information content (AvgIpc) is 2.43. The van der Waals surface area contributed by atoms with Crippen molar-refractivity contribution in [2.45, 2.75) is 32.6 Å². The highest BCUT2D eigenvalue weighted by atomic mass is 16.5. The molecule has 1 atom stereocenters. The summed E-state index contributed by atoms with van der Waals surface area (Å²) in [4.78, 5) is 35.8. The lowest BCUT2D eigenvalue weighted by Gasteiger charge is -2.31. The lowest BCUT2D eigenvalue weighted by Crippen LogP contribution is -2.44. The van der Waals surface area contributed by atoms with Crippen LogP contribution in [0, 0.1) is 5.92 Å². The summed E-state index contributed by atoms with van der Waals surface area (Å²) in [7, 11) is 1.35. The number of esters is 1. The van der Waals surface area contributed by atoms with Gasteiger partial charge in [-0.1, -0.05) is 0 Å². The van der Waals surface area contributed by atoms with Crippen LogP contribution in [0.2, 0.25) is 0 Å². The van der Waals surface area contributed by atoms with Gasteiger partial charge in [0.05, 0.1) is 13.0 Å². The monoisotopic (exact) mass is 270 g/mol. The van der Waals surface area contributed by atoms with Crippen molar-refractivity contribution in [3.63, 3.8) is 0 Å². The number of likely N-dealkylation sites (tertiary alicyclic amines) is 1. The number of nitrogens with one attached hydrogen (secondary N) is 1. The summed E-state index contributed by atoms with van der Waals surface area (Å²) >= 11 is 0. The molecule has 1 saturated heterocycles. The minimum absolute atomic E-state index is 0.0168. The topological polar surface area (TPSA) is 75.7 Å². The summed E-state index contributed by atoms with van der Waals surface area (Å²) in [6, 6.07) is 0. The predicted molar refractivity (Wildman–Crippen MR) is 69.2 cm³/mol. The number of piperidine rings is 1. The molecule has 1 aliphatic heterocycles. The van der Waals surface area contributed by atoms with Gasteiger partial charge in [0.25, 0.3) is 0 Å². The van der Waals surface area contributed by atoms with Crippen LogP contribution in [-0.2, 0) is 19.1 Å². The van der Waals surface area contributed by atoms with Crippen LogP contribution in [0.1, 0.15) is 32.6 Å². The summed E-state index contributed by atoms with van der Waals surface area (Å²) in [5, 5.41) is 2.81. The third kappa shape index (κ3) is 5.28. The molecule has 0 aliphatic carbocycles. The Bertz CT molecular complexity index is 344. The van der Waals surface area contributed by atoms with Crippen molar-refractivity contribution in [3.05, 3.63) is 0 Å². The zero-order valence-corrected chi connectivity index (χ0v) is 11.6.